The molecule has 6 heteroatoms. The molecule has 2 N–H and O–H groups in total. The number of benzene rings is 1. The van der Waals surface area contributed by atoms with E-state index in [4.69, 9.17) is 0 Å². The predicted molar refractivity (Wildman–Crippen MR) is 69.8 cm³/mol. The third-order valence-electron chi connectivity index (χ3n) is 2.44. The van der Waals surface area contributed by atoms with Crippen LogP contribution in [0.2, 0.25) is 0 Å². The smallest absolute Gasteiger partial charge is 0.260 e. The summed E-state index contributed by atoms with van der Waals surface area (Å²) in [5.74, 6) is 0.351. The summed E-state index contributed by atoms with van der Waals surface area (Å²) >= 11 is 0. The molecule has 0 atom stereocenters. The Balaban J connectivity index is 2.15. The van der Waals surface area contributed by atoms with Crippen molar-refractivity contribution in [1.29, 1.82) is 0 Å². The molecule has 0 saturated carbocycles. The van der Waals surface area contributed by atoms with Gasteiger partial charge in [-0.1, -0.05) is 24.3 Å². The maximum Gasteiger partial charge on any atom is 0.363 e. The van der Waals surface area contributed by atoms with Gasteiger partial charge in [-0.15, -0.1) is 0 Å². The van der Waals surface area contributed by atoms with Crippen LogP contribution in [0.25, 0.3) is 0 Å². The van der Waals surface area contributed by atoms with Gasteiger partial charge in [0.05, 0.1) is 6.21 Å². The molecule has 0 spiro atoms. The van der Waals surface area contributed by atoms with Gasteiger partial charge in [0.2, 0.25) is 0 Å². The molecule has 18 heavy (non-hydrogen) atoms. The topological polar surface area (TPSA) is 83.0 Å². The fraction of sp³-hybridized carbons (Fsp3) is 0.167. The number of aromatic nitrogens is 3. The van der Waals surface area contributed by atoms with Crippen LogP contribution in [0, 0.1) is 13.8 Å². The first-order chi connectivity index (χ1) is 8.66. The highest BCUT2D eigenvalue weighted by Gasteiger charge is 2.00. The zero-order valence-corrected chi connectivity index (χ0v) is 10.1. The molecule has 0 bridgehead atoms. The van der Waals surface area contributed by atoms with Gasteiger partial charge in [-0.05, 0) is 25.0 Å². The number of rotatable bonds is 3. The lowest BCUT2D eigenvalue weighted by Crippen LogP contribution is -2.15. The molecule has 0 saturated heterocycles. The monoisotopic (exact) mass is 243 g/mol. The summed E-state index contributed by atoms with van der Waals surface area (Å²) in [6.07, 6.45) is 1.68. The summed E-state index contributed by atoms with van der Waals surface area (Å²) < 4.78 is 0. The van der Waals surface area contributed by atoms with Gasteiger partial charge >= 0.3 is 5.69 Å². The third kappa shape index (κ3) is 2.79. The standard InChI is InChI=1S/C12H13N5O/c1-8-5-3-4-6-10(8)7-13-16-11-9(2)15-17-12(18)14-11/h3-7H,1-2H3,(H2,14,16,17,18). The first-order valence-corrected chi connectivity index (χ1v) is 5.45. The predicted octanol–water partition coefficient (Wildman–Crippen LogP) is 1.23. The second kappa shape index (κ2) is 5.22. The SMILES string of the molecule is Cc1ccccc1C=NNc1nc(=O)[nH]nc1C. The molecule has 6 nitrogen and oxygen atoms in total. The van der Waals surface area contributed by atoms with Gasteiger partial charge in [-0.2, -0.15) is 15.2 Å². The van der Waals surface area contributed by atoms with E-state index < -0.39 is 5.69 Å². The number of anilines is 1. The lowest BCUT2D eigenvalue weighted by atomic mass is 10.1. The second-order valence-electron chi connectivity index (χ2n) is 3.80. The highest BCUT2D eigenvalue weighted by molar-refractivity contribution is 5.82. The quantitative estimate of drug-likeness (QED) is 0.627. The molecule has 1 aromatic carbocycles. The van der Waals surface area contributed by atoms with Crippen molar-refractivity contribution < 1.29 is 0 Å². The summed E-state index contributed by atoms with van der Waals surface area (Å²) in [5.41, 5.74) is 4.90. The van der Waals surface area contributed by atoms with E-state index in [0.717, 1.165) is 11.1 Å². The average Bonchev–Trinajstić information content (AvgIpc) is 2.36. The summed E-state index contributed by atoms with van der Waals surface area (Å²) in [6, 6.07) is 7.86. The lowest BCUT2D eigenvalue weighted by Gasteiger charge is -2.01. The van der Waals surface area contributed by atoms with Crippen LogP contribution in [0.5, 0.6) is 0 Å². The van der Waals surface area contributed by atoms with Gasteiger partial charge in [-0.25, -0.2) is 9.89 Å². The fourth-order valence-electron chi connectivity index (χ4n) is 1.39. The average molecular weight is 243 g/mol. The Morgan fingerprint density at radius 1 is 1.33 bits per heavy atom. The van der Waals surface area contributed by atoms with Crippen LogP contribution >= 0.6 is 0 Å². The van der Waals surface area contributed by atoms with E-state index in [1.165, 1.54) is 0 Å². The van der Waals surface area contributed by atoms with Gasteiger partial charge in [-0.3, -0.25) is 5.43 Å². The normalized spacial score (nSPS) is 10.8. The Labute approximate surface area is 104 Å². The van der Waals surface area contributed by atoms with E-state index in [-0.39, 0.29) is 0 Å². The molecule has 92 valence electrons. The minimum atomic E-state index is -0.505. The van der Waals surface area contributed by atoms with E-state index in [1.54, 1.807) is 13.1 Å². The number of nitrogens with zero attached hydrogens (tertiary/aromatic N) is 3. The fourth-order valence-corrected chi connectivity index (χ4v) is 1.39. The Kier molecular flexibility index (Phi) is 3.47. The third-order valence-corrected chi connectivity index (χ3v) is 2.44. The molecule has 0 aliphatic carbocycles. The summed E-state index contributed by atoms with van der Waals surface area (Å²) in [6.45, 7) is 3.73. The highest BCUT2D eigenvalue weighted by atomic mass is 16.1. The molecule has 0 aliphatic heterocycles. The minimum absolute atomic E-state index is 0.351. The lowest BCUT2D eigenvalue weighted by molar-refractivity contribution is 0.879. The molecular weight excluding hydrogens is 230 g/mol. The van der Waals surface area contributed by atoms with Crippen LogP contribution in [-0.4, -0.2) is 21.4 Å². The van der Waals surface area contributed by atoms with Gasteiger partial charge in [0, 0.05) is 0 Å². The van der Waals surface area contributed by atoms with Crippen LogP contribution in [0.4, 0.5) is 5.82 Å². The summed E-state index contributed by atoms with van der Waals surface area (Å²) in [4.78, 5) is 14.7. The van der Waals surface area contributed by atoms with Gasteiger partial charge in [0.25, 0.3) is 0 Å². The first kappa shape index (κ1) is 12.0. The summed E-state index contributed by atoms with van der Waals surface area (Å²) in [7, 11) is 0. The molecule has 0 radical (unpaired) electrons. The maximum atomic E-state index is 11.0. The molecule has 2 aromatic rings. The Morgan fingerprint density at radius 2 is 2.11 bits per heavy atom. The number of aromatic amines is 1. The number of hydrogen-bond donors (Lipinski definition) is 2. The number of aryl methyl sites for hydroxylation is 2. The van der Waals surface area contributed by atoms with Crippen LogP contribution in [0.1, 0.15) is 16.8 Å². The Morgan fingerprint density at radius 3 is 2.89 bits per heavy atom. The number of hydrogen-bond acceptors (Lipinski definition) is 5. The van der Waals surface area contributed by atoms with Crippen molar-refractivity contribution in [2.24, 2.45) is 5.10 Å². The van der Waals surface area contributed by atoms with Crippen molar-refractivity contribution in [3.8, 4) is 0 Å². The molecule has 0 amide bonds. The first-order valence-electron chi connectivity index (χ1n) is 5.45. The van der Waals surface area contributed by atoms with Crippen molar-refractivity contribution in [2.75, 3.05) is 5.43 Å². The zero-order chi connectivity index (χ0) is 13.0. The van der Waals surface area contributed by atoms with Crippen molar-refractivity contribution in [3.05, 3.63) is 51.6 Å². The molecule has 0 aliphatic rings. The van der Waals surface area contributed by atoms with Crippen LogP contribution < -0.4 is 11.1 Å². The van der Waals surface area contributed by atoms with Crippen LogP contribution in [0.15, 0.2) is 34.2 Å². The maximum absolute atomic E-state index is 11.0. The Hall–Kier alpha value is -2.50. The molecule has 0 fully saturated rings. The molecule has 0 unspecified atom stereocenters. The Bertz CT molecular complexity index is 632. The van der Waals surface area contributed by atoms with Gasteiger partial charge in [0.15, 0.2) is 5.82 Å². The van der Waals surface area contributed by atoms with E-state index in [0.29, 0.717) is 11.5 Å². The van der Waals surface area contributed by atoms with E-state index in [1.807, 2.05) is 31.2 Å². The van der Waals surface area contributed by atoms with Gasteiger partial charge < -0.3 is 0 Å². The van der Waals surface area contributed by atoms with Gasteiger partial charge in [0.1, 0.15) is 5.69 Å². The number of nitrogens with one attached hydrogen (secondary N) is 2. The second-order valence-corrected chi connectivity index (χ2v) is 3.80. The summed E-state index contributed by atoms with van der Waals surface area (Å²) in [5, 5.41) is 10.1. The van der Waals surface area contributed by atoms with Crippen molar-refractivity contribution >= 4 is 12.0 Å². The van der Waals surface area contributed by atoms with Crippen LogP contribution in [0.3, 0.4) is 0 Å². The number of hydrazone groups is 1. The van der Waals surface area contributed by atoms with Crippen molar-refractivity contribution in [2.45, 2.75) is 13.8 Å². The van der Waals surface area contributed by atoms with E-state index in [2.05, 4.69) is 25.7 Å². The largest absolute Gasteiger partial charge is 0.363 e. The molecule has 1 aromatic heterocycles. The van der Waals surface area contributed by atoms with E-state index >= 15 is 0 Å². The molecule has 2 rings (SSSR count). The molecular formula is C12H13N5O. The minimum Gasteiger partial charge on any atom is -0.260 e. The van der Waals surface area contributed by atoms with Crippen LogP contribution in [-0.2, 0) is 0 Å². The van der Waals surface area contributed by atoms with E-state index in [9.17, 15) is 4.79 Å². The highest BCUT2D eigenvalue weighted by Crippen LogP contribution is 2.05. The van der Waals surface area contributed by atoms with Crippen molar-refractivity contribution in [3.63, 3.8) is 0 Å². The zero-order valence-electron chi connectivity index (χ0n) is 10.1. The van der Waals surface area contributed by atoms with Crippen molar-refractivity contribution in [1.82, 2.24) is 15.2 Å². The number of H-pyrrole nitrogens is 1. The molecule has 1 heterocycles.